The summed E-state index contributed by atoms with van der Waals surface area (Å²) in [6.07, 6.45) is 11.1. The van der Waals surface area contributed by atoms with Gasteiger partial charge >= 0.3 is 0 Å². The van der Waals surface area contributed by atoms with Gasteiger partial charge in [-0.15, -0.1) is 0 Å². The van der Waals surface area contributed by atoms with Gasteiger partial charge < -0.3 is 15.3 Å². The molecule has 2 fully saturated rings. The van der Waals surface area contributed by atoms with Gasteiger partial charge in [-0.05, 0) is 26.2 Å². The lowest BCUT2D eigenvalue weighted by molar-refractivity contribution is 0.0130. The third-order valence-corrected chi connectivity index (χ3v) is 5.47. The Hall–Kier alpha value is -1.07. The zero-order valence-corrected chi connectivity index (χ0v) is 14.5. The quantitative estimate of drug-likeness (QED) is 0.469. The molecule has 130 valence electrons. The van der Waals surface area contributed by atoms with Crippen molar-refractivity contribution in [1.29, 1.82) is 0 Å². The average Bonchev–Trinajstić information content (AvgIpc) is 3.23. The molecule has 0 bridgehead atoms. The summed E-state index contributed by atoms with van der Waals surface area (Å²) in [7, 11) is 0. The molecule has 5 heteroatoms. The Morgan fingerprint density at radius 1 is 1.26 bits per heavy atom. The first-order valence-corrected chi connectivity index (χ1v) is 9.35. The van der Waals surface area contributed by atoms with E-state index in [4.69, 9.17) is 4.99 Å². The van der Waals surface area contributed by atoms with Crippen LogP contribution in [0.2, 0.25) is 0 Å². The smallest absolute Gasteiger partial charge is 0.194 e. The molecule has 1 saturated carbocycles. The van der Waals surface area contributed by atoms with Crippen molar-refractivity contribution < 1.29 is 5.11 Å². The number of rotatable bonds is 4. The number of aliphatic imine (C=N–C) groups is 1. The van der Waals surface area contributed by atoms with Gasteiger partial charge in [-0.25, -0.2) is 0 Å². The normalized spacial score (nSPS) is 28.5. The molecule has 1 aliphatic carbocycles. The largest absolute Gasteiger partial charge is 0.388 e. The summed E-state index contributed by atoms with van der Waals surface area (Å²) >= 11 is 0. The molecular weight excluding hydrogens is 288 g/mol. The fraction of sp³-hybridized carbons (Fsp3) is 0.833. The summed E-state index contributed by atoms with van der Waals surface area (Å²) in [5, 5.41) is 14.1. The monoisotopic (exact) mass is 320 g/mol. The van der Waals surface area contributed by atoms with Gasteiger partial charge in [0.15, 0.2) is 5.96 Å². The zero-order valence-electron chi connectivity index (χ0n) is 14.5. The molecule has 1 unspecified atom stereocenters. The number of nitrogens with zero attached hydrogens (tertiary/aromatic N) is 3. The Balaban J connectivity index is 1.58. The molecule has 1 atom stereocenters. The highest BCUT2D eigenvalue weighted by Crippen LogP contribution is 2.28. The topological polar surface area (TPSA) is 51.1 Å². The fourth-order valence-corrected chi connectivity index (χ4v) is 4.04. The Morgan fingerprint density at radius 3 is 2.70 bits per heavy atom. The zero-order chi connectivity index (χ0) is 16.1. The molecule has 3 aliphatic rings. The summed E-state index contributed by atoms with van der Waals surface area (Å²) in [4.78, 5) is 9.71. The molecule has 0 radical (unpaired) electrons. The molecule has 23 heavy (non-hydrogen) atoms. The Labute approximate surface area is 140 Å². The van der Waals surface area contributed by atoms with Crippen LogP contribution in [0.5, 0.6) is 0 Å². The van der Waals surface area contributed by atoms with Crippen LogP contribution in [0.4, 0.5) is 0 Å². The maximum absolute atomic E-state index is 10.7. The van der Waals surface area contributed by atoms with Crippen molar-refractivity contribution in [3.8, 4) is 0 Å². The molecule has 0 aromatic heterocycles. The van der Waals surface area contributed by atoms with E-state index in [9.17, 15) is 5.11 Å². The summed E-state index contributed by atoms with van der Waals surface area (Å²) in [5.41, 5.74) is -0.573. The second kappa shape index (κ2) is 7.67. The number of nitrogens with one attached hydrogen (secondary N) is 1. The van der Waals surface area contributed by atoms with Crippen LogP contribution in [0.1, 0.15) is 45.4 Å². The van der Waals surface area contributed by atoms with Crippen LogP contribution in [0, 0.1) is 0 Å². The predicted octanol–water partition coefficient (Wildman–Crippen LogP) is 1.59. The SMILES string of the molecule is CCNC(=NCC1(O)CCCCC1)N1CCC(N2CC=CC2)C1. The summed E-state index contributed by atoms with van der Waals surface area (Å²) in [6.45, 7) is 7.82. The third-order valence-electron chi connectivity index (χ3n) is 5.47. The van der Waals surface area contributed by atoms with Gasteiger partial charge in [0.05, 0.1) is 12.1 Å². The van der Waals surface area contributed by atoms with Crippen molar-refractivity contribution in [3.63, 3.8) is 0 Å². The molecule has 1 saturated heterocycles. The van der Waals surface area contributed by atoms with Crippen molar-refractivity contribution in [2.75, 3.05) is 39.3 Å². The van der Waals surface area contributed by atoms with Crippen LogP contribution in [0.25, 0.3) is 0 Å². The molecule has 2 aliphatic heterocycles. The minimum Gasteiger partial charge on any atom is -0.388 e. The van der Waals surface area contributed by atoms with Crippen LogP contribution in [0.3, 0.4) is 0 Å². The first-order valence-electron chi connectivity index (χ1n) is 9.35. The van der Waals surface area contributed by atoms with Crippen molar-refractivity contribution in [2.24, 2.45) is 4.99 Å². The summed E-state index contributed by atoms with van der Waals surface area (Å²) < 4.78 is 0. The molecule has 2 N–H and O–H groups in total. The fourth-order valence-electron chi connectivity index (χ4n) is 4.04. The van der Waals surface area contributed by atoms with Gasteiger partial charge in [-0.3, -0.25) is 9.89 Å². The lowest BCUT2D eigenvalue weighted by Crippen LogP contribution is -2.44. The Kier molecular flexibility index (Phi) is 5.59. The Morgan fingerprint density at radius 2 is 2.00 bits per heavy atom. The number of guanidine groups is 1. The van der Waals surface area contributed by atoms with Crippen LogP contribution in [0.15, 0.2) is 17.1 Å². The first-order chi connectivity index (χ1) is 11.2. The van der Waals surface area contributed by atoms with Crippen molar-refractivity contribution in [1.82, 2.24) is 15.1 Å². The molecular formula is C18H32N4O. The van der Waals surface area contributed by atoms with Gasteiger partial charge in [-0.2, -0.15) is 0 Å². The van der Waals surface area contributed by atoms with Crippen LogP contribution < -0.4 is 5.32 Å². The van der Waals surface area contributed by atoms with Crippen molar-refractivity contribution >= 4 is 5.96 Å². The molecule has 0 aromatic rings. The summed E-state index contributed by atoms with van der Waals surface area (Å²) in [5.74, 6) is 0.987. The lowest BCUT2D eigenvalue weighted by Gasteiger charge is -2.31. The van der Waals surface area contributed by atoms with E-state index < -0.39 is 5.60 Å². The highest BCUT2D eigenvalue weighted by Gasteiger charge is 2.32. The summed E-state index contributed by atoms with van der Waals surface area (Å²) in [6, 6.07) is 0.631. The Bertz CT molecular complexity index is 434. The molecule has 3 rings (SSSR count). The first kappa shape index (κ1) is 16.8. The minimum atomic E-state index is -0.573. The number of aliphatic hydroxyl groups is 1. The second-order valence-electron chi connectivity index (χ2n) is 7.27. The maximum Gasteiger partial charge on any atom is 0.194 e. The van der Waals surface area contributed by atoms with E-state index in [-0.39, 0.29) is 0 Å². The molecule has 5 nitrogen and oxygen atoms in total. The van der Waals surface area contributed by atoms with Crippen LogP contribution in [-0.4, -0.2) is 71.8 Å². The second-order valence-corrected chi connectivity index (χ2v) is 7.27. The van der Waals surface area contributed by atoms with Gasteiger partial charge in [0.1, 0.15) is 0 Å². The van der Waals surface area contributed by atoms with E-state index >= 15 is 0 Å². The van der Waals surface area contributed by atoms with Crippen LogP contribution >= 0.6 is 0 Å². The van der Waals surface area contributed by atoms with Gasteiger partial charge in [0, 0.05) is 38.8 Å². The molecule has 0 spiro atoms. The number of hydrogen-bond acceptors (Lipinski definition) is 3. The number of hydrogen-bond donors (Lipinski definition) is 2. The lowest BCUT2D eigenvalue weighted by atomic mass is 9.85. The van der Waals surface area contributed by atoms with E-state index in [1.807, 2.05) is 0 Å². The standard InChI is InChI=1S/C18H32N4O/c1-2-19-17(20-15-18(23)9-4-3-5-10-18)22-13-8-16(14-22)21-11-6-7-12-21/h6-7,16,23H,2-5,8-15H2,1H3,(H,19,20). The average molecular weight is 320 g/mol. The van der Waals surface area contributed by atoms with Gasteiger partial charge in [0.25, 0.3) is 0 Å². The van der Waals surface area contributed by atoms with E-state index in [1.54, 1.807) is 0 Å². The maximum atomic E-state index is 10.7. The van der Waals surface area contributed by atoms with E-state index in [2.05, 4.69) is 34.2 Å². The number of likely N-dealkylation sites (tertiary alicyclic amines) is 1. The highest BCUT2D eigenvalue weighted by atomic mass is 16.3. The minimum absolute atomic E-state index is 0.543. The van der Waals surface area contributed by atoms with Gasteiger partial charge in [-0.1, -0.05) is 31.4 Å². The molecule has 0 aromatic carbocycles. The molecule has 2 heterocycles. The van der Waals surface area contributed by atoms with Crippen LogP contribution in [-0.2, 0) is 0 Å². The molecule has 0 amide bonds. The van der Waals surface area contributed by atoms with Crippen molar-refractivity contribution in [2.45, 2.75) is 57.1 Å². The van der Waals surface area contributed by atoms with E-state index in [0.717, 1.165) is 64.4 Å². The third kappa shape index (κ3) is 4.27. The highest BCUT2D eigenvalue weighted by molar-refractivity contribution is 5.80. The van der Waals surface area contributed by atoms with Crippen molar-refractivity contribution in [3.05, 3.63) is 12.2 Å². The van der Waals surface area contributed by atoms with E-state index in [1.165, 1.54) is 12.8 Å². The van der Waals surface area contributed by atoms with E-state index in [0.29, 0.717) is 12.6 Å². The van der Waals surface area contributed by atoms with Gasteiger partial charge in [0.2, 0.25) is 0 Å². The predicted molar refractivity (Wildman–Crippen MR) is 94.7 cm³/mol.